The molecular weight excluding hydrogens is 398 g/mol. The van der Waals surface area contributed by atoms with Gasteiger partial charge in [-0.05, 0) is 61.3 Å². The smallest absolute Gasteiger partial charge is 0.133 e. The fraction of sp³-hybridized carbons (Fsp3) is 0.296. The third-order valence-electron chi connectivity index (χ3n) is 5.45. The van der Waals surface area contributed by atoms with E-state index in [9.17, 15) is 0 Å². The van der Waals surface area contributed by atoms with E-state index in [1.807, 2.05) is 42.6 Å². The lowest BCUT2D eigenvalue weighted by Crippen LogP contribution is -2.27. The Balaban J connectivity index is 1.91. The maximum Gasteiger partial charge on any atom is 0.133 e. The first kappa shape index (κ1) is 23.4. The topological polar surface area (TPSA) is 46.6 Å². The first-order valence-corrected chi connectivity index (χ1v) is 10.9. The normalized spacial score (nSPS) is 11.6. The zero-order valence-corrected chi connectivity index (χ0v) is 19.3. The van der Waals surface area contributed by atoms with Gasteiger partial charge in [0, 0.05) is 30.9 Å². The highest BCUT2D eigenvalue weighted by molar-refractivity contribution is 5.50. The van der Waals surface area contributed by atoms with E-state index in [1.54, 1.807) is 14.2 Å². The summed E-state index contributed by atoms with van der Waals surface area (Å²) in [5.41, 5.74) is 3.57. The van der Waals surface area contributed by atoms with Crippen LogP contribution in [0.4, 0.5) is 5.82 Å². The number of hydrogen-bond donors (Lipinski definition) is 1. The van der Waals surface area contributed by atoms with Crippen LogP contribution < -0.4 is 19.7 Å². The SMILES string of the molecule is C=CCCNC(C)c1cccnc1N(Cc1ccc(OC)cc1)Cc1ccc(OC)cc1. The molecule has 0 aliphatic rings. The molecule has 0 saturated heterocycles. The van der Waals surface area contributed by atoms with Crippen molar-refractivity contribution in [1.29, 1.82) is 0 Å². The van der Waals surface area contributed by atoms with Crippen LogP contribution in [-0.2, 0) is 13.1 Å². The number of methoxy groups -OCH3 is 2. The van der Waals surface area contributed by atoms with E-state index in [0.717, 1.165) is 43.4 Å². The summed E-state index contributed by atoms with van der Waals surface area (Å²) >= 11 is 0. The molecule has 0 spiro atoms. The van der Waals surface area contributed by atoms with Gasteiger partial charge < -0.3 is 19.7 Å². The monoisotopic (exact) mass is 431 g/mol. The number of benzene rings is 2. The lowest BCUT2D eigenvalue weighted by Gasteiger charge is -2.28. The fourth-order valence-electron chi connectivity index (χ4n) is 3.63. The molecule has 168 valence electrons. The van der Waals surface area contributed by atoms with Crippen molar-refractivity contribution in [2.75, 3.05) is 25.7 Å². The zero-order chi connectivity index (χ0) is 22.8. The average Bonchev–Trinajstić information content (AvgIpc) is 2.84. The molecule has 0 amide bonds. The van der Waals surface area contributed by atoms with Crippen LogP contribution in [0.25, 0.3) is 0 Å². The minimum atomic E-state index is 0.174. The molecule has 5 nitrogen and oxygen atoms in total. The van der Waals surface area contributed by atoms with E-state index in [1.165, 1.54) is 16.7 Å². The summed E-state index contributed by atoms with van der Waals surface area (Å²) in [5.74, 6) is 2.70. The molecular formula is C27H33N3O2. The van der Waals surface area contributed by atoms with Gasteiger partial charge in [0.05, 0.1) is 14.2 Å². The van der Waals surface area contributed by atoms with Gasteiger partial charge in [0.25, 0.3) is 0 Å². The second-order valence-corrected chi connectivity index (χ2v) is 7.72. The number of anilines is 1. The minimum Gasteiger partial charge on any atom is -0.497 e. The van der Waals surface area contributed by atoms with Crippen LogP contribution in [0.15, 0.2) is 79.5 Å². The van der Waals surface area contributed by atoms with E-state index >= 15 is 0 Å². The Bertz CT molecular complexity index is 921. The first-order chi connectivity index (χ1) is 15.6. The Morgan fingerprint density at radius 3 is 2.00 bits per heavy atom. The second-order valence-electron chi connectivity index (χ2n) is 7.72. The molecule has 1 aromatic heterocycles. The number of hydrogen-bond acceptors (Lipinski definition) is 5. The Morgan fingerprint density at radius 1 is 0.938 bits per heavy atom. The van der Waals surface area contributed by atoms with Gasteiger partial charge in [-0.25, -0.2) is 4.98 Å². The number of nitrogens with zero attached hydrogens (tertiary/aromatic N) is 2. The molecule has 32 heavy (non-hydrogen) atoms. The van der Waals surface area contributed by atoms with Gasteiger partial charge in [-0.15, -0.1) is 6.58 Å². The Hall–Kier alpha value is -3.31. The largest absolute Gasteiger partial charge is 0.497 e. The number of pyridine rings is 1. The van der Waals surface area contributed by atoms with Gasteiger partial charge >= 0.3 is 0 Å². The zero-order valence-electron chi connectivity index (χ0n) is 19.3. The van der Waals surface area contributed by atoms with Crippen LogP contribution in [0.3, 0.4) is 0 Å². The van der Waals surface area contributed by atoms with Crippen LogP contribution in [0.5, 0.6) is 11.5 Å². The van der Waals surface area contributed by atoms with Gasteiger partial charge in [-0.1, -0.05) is 36.4 Å². The Labute approximate surface area is 191 Å². The molecule has 1 atom stereocenters. The van der Waals surface area contributed by atoms with Gasteiger partial charge in [-0.3, -0.25) is 0 Å². The maximum absolute atomic E-state index is 5.32. The number of ether oxygens (including phenoxy) is 2. The molecule has 0 aliphatic carbocycles. The molecule has 3 aromatic rings. The third-order valence-corrected chi connectivity index (χ3v) is 5.45. The summed E-state index contributed by atoms with van der Waals surface area (Å²) < 4.78 is 10.6. The number of aromatic nitrogens is 1. The van der Waals surface area contributed by atoms with Crippen molar-refractivity contribution in [3.8, 4) is 11.5 Å². The standard InChI is InChI=1S/C27H33N3O2/c1-5-6-17-28-21(2)26-8-7-18-29-27(26)30(19-22-9-13-24(31-3)14-10-22)20-23-11-15-25(32-4)16-12-23/h5,7-16,18,21,28H,1,6,17,19-20H2,2-4H3. The van der Waals surface area contributed by atoms with Crippen molar-refractivity contribution in [2.24, 2.45) is 0 Å². The third kappa shape index (κ3) is 6.34. The summed E-state index contributed by atoms with van der Waals surface area (Å²) in [6, 6.07) is 20.8. The highest BCUT2D eigenvalue weighted by Gasteiger charge is 2.18. The molecule has 0 saturated carbocycles. The van der Waals surface area contributed by atoms with Gasteiger partial charge in [0.1, 0.15) is 17.3 Å². The van der Waals surface area contributed by atoms with Crippen molar-refractivity contribution < 1.29 is 9.47 Å². The number of rotatable bonds is 12. The lowest BCUT2D eigenvalue weighted by molar-refractivity contribution is 0.414. The number of nitrogens with one attached hydrogen (secondary N) is 1. The molecule has 0 fully saturated rings. The Morgan fingerprint density at radius 2 is 1.50 bits per heavy atom. The van der Waals surface area contributed by atoms with Crippen LogP contribution in [0.2, 0.25) is 0 Å². The fourth-order valence-corrected chi connectivity index (χ4v) is 3.63. The first-order valence-electron chi connectivity index (χ1n) is 10.9. The molecule has 0 aliphatic heterocycles. The van der Waals surface area contributed by atoms with Gasteiger partial charge in [-0.2, -0.15) is 0 Å². The molecule has 0 bridgehead atoms. The van der Waals surface area contributed by atoms with Crippen LogP contribution in [0.1, 0.15) is 36.1 Å². The molecule has 3 rings (SSSR count). The van der Waals surface area contributed by atoms with E-state index in [2.05, 4.69) is 54.1 Å². The quantitative estimate of drug-likeness (QED) is 0.302. The average molecular weight is 432 g/mol. The van der Waals surface area contributed by atoms with Crippen molar-refractivity contribution in [1.82, 2.24) is 10.3 Å². The molecule has 1 unspecified atom stereocenters. The summed E-state index contributed by atoms with van der Waals surface area (Å²) in [6.45, 7) is 8.35. The van der Waals surface area contributed by atoms with E-state index < -0.39 is 0 Å². The van der Waals surface area contributed by atoms with Gasteiger partial charge in [0.2, 0.25) is 0 Å². The van der Waals surface area contributed by atoms with E-state index in [0.29, 0.717) is 0 Å². The lowest BCUT2D eigenvalue weighted by atomic mass is 10.1. The van der Waals surface area contributed by atoms with Crippen LogP contribution in [-0.4, -0.2) is 25.7 Å². The van der Waals surface area contributed by atoms with Crippen LogP contribution in [0, 0.1) is 0 Å². The molecule has 1 N–H and O–H groups in total. The van der Waals surface area contributed by atoms with Crippen molar-refractivity contribution in [3.05, 3.63) is 96.2 Å². The van der Waals surface area contributed by atoms with Crippen molar-refractivity contribution in [2.45, 2.75) is 32.5 Å². The molecule has 0 radical (unpaired) electrons. The van der Waals surface area contributed by atoms with Crippen LogP contribution >= 0.6 is 0 Å². The second kappa shape index (κ2) is 11.9. The maximum atomic E-state index is 5.32. The molecule has 2 aromatic carbocycles. The highest BCUT2D eigenvalue weighted by atomic mass is 16.5. The van der Waals surface area contributed by atoms with Crippen molar-refractivity contribution >= 4 is 5.82 Å². The summed E-state index contributed by atoms with van der Waals surface area (Å²) in [7, 11) is 3.37. The predicted octanol–water partition coefficient (Wildman–Crippen LogP) is 5.53. The Kier molecular flexibility index (Phi) is 8.70. The highest BCUT2D eigenvalue weighted by Crippen LogP contribution is 2.28. The van der Waals surface area contributed by atoms with Crippen molar-refractivity contribution in [3.63, 3.8) is 0 Å². The summed E-state index contributed by atoms with van der Waals surface area (Å²) in [4.78, 5) is 7.13. The predicted molar refractivity (Wildman–Crippen MR) is 131 cm³/mol. The molecule has 1 heterocycles. The van der Waals surface area contributed by atoms with E-state index in [4.69, 9.17) is 14.5 Å². The summed E-state index contributed by atoms with van der Waals surface area (Å²) in [5, 5.41) is 3.58. The summed E-state index contributed by atoms with van der Waals surface area (Å²) in [6.07, 6.45) is 4.73. The van der Waals surface area contributed by atoms with E-state index in [-0.39, 0.29) is 6.04 Å². The minimum absolute atomic E-state index is 0.174. The molecule has 5 heteroatoms. The van der Waals surface area contributed by atoms with Gasteiger partial charge in [0.15, 0.2) is 0 Å².